The highest BCUT2D eigenvalue weighted by Crippen LogP contribution is 2.41. The van der Waals surface area contributed by atoms with Crippen LogP contribution in [0.1, 0.15) is 53.9 Å². The second kappa shape index (κ2) is 9.06. The summed E-state index contributed by atoms with van der Waals surface area (Å²) in [7, 11) is 0. The van der Waals surface area contributed by atoms with Gasteiger partial charge in [0.25, 0.3) is 0 Å². The van der Waals surface area contributed by atoms with Gasteiger partial charge < -0.3 is 10.1 Å². The summed E-state index contributed by atoms with van der Waals surface area (Å²) in [5.41, 5.74) is 0.463. The lowest BCUT2D eigenvalue weighted by Gasteiger charge is -2.58. The van der Waals surface area contributed by atoms with E-state index in [1.54, 1.807) is 0 Å². The highest BCUT2D eigenvalue weighted by Gasteiger charge is 2.51. The van der Waals surface area contributed by atoms with Crippen LogP contribution in [0, 0.1) is 5.41 Å². The molecule has 4 heteroatoms. The van der Waals surface area contributed by atoms with E-state index in [4.69, 9.17) is 4.74 Å². The van der Waals surface area contributed by atoms with Gasteiger partial charge in [-0.1, -0.05) is 34.6 Å². The van der Waals surface area contributed by atoms with Crippen LogP contribution in [0.25, 0.3) is 0 Å². The minimum atomic E-state index is -0.664. The van der Waals surface area contributed by atoms with Crippen LogP contribution in [0.4, 0.5) is 4.39 Å². The van der Waals surface area contributed by atoms with Gasteiger partial charge in [-0.05, 0) is 25.8 Å². The maximum Gasteiger partial charge on any atom is 0.117 e. The van der Waals surface area contributed by atoms with E-state index < -0.39 is 6.17 Å². The van der Waals surface area contributed by atoms with Gasteiger partial charge in [-0.3, -0.25) is 4.90 Å². The Balaban J connectivity index is 0.000000510. The number of likely N-dealkylation sites (tertiary alicyclic amines) is 1. The molecule has 1 N–H and O–H groups in total. The van der Waals surface area contributed by atoms with Gasteiger partial charge in [0, 0.05) is 30.6 Å². The van der Waals surface area contributed by atoms with Crippen molar-refractivity contribution in [3.8, 4) is 0 Å². The van der Waals surface area contributed by atoms with E-state index in [-0.39, 0.29) is 6.04 Å². The molecule has 1 saturated carbocycles. The smallest absolute Gasteiger partial charge is 0.117 e. The molecular formula is C17H35FN2O. The van der Waals surface area contributed by atoms with Crippen molar-refractivity contribution in [2.75, 3.05) is 32.8 Å². The molecule has 0 radical (unpaired) electrons. The number of nitrogens with zero attached hydrogens (tertiary/aromatic N) is 1. The van der Waals surface area contributed by atoms with Crippen molar-refractivity contribution in [3.63, 3.8) is 0 Å². The molecule has 3 fully saturated rings. The third-order valence-corrected chi connectivity index (χ3v) is 4.62. The molecule has 1 aliphatic carbocycles. The molecule has 3 atom stereocenters. The van der Waals surface area contributed by atoms with Crippen molar-refractivity contribution < 1.29 is 9.13 Å². The Morgan fingerprint density at radius 1 is 1.14 bits per heavy atom. The van der Waals surface area contributed by atoms with Gasteiger partial charge in [0.15, 0.2) is 0 Å². The minimum absolute atomic E-state index is 0.0959. The van der Waals surface area contributed by atoms with E-state index in [2.05, 4.69) is 17.1 Å². The van der Waals surface area contributed by atoms with Crippen molar-refractivity contribution in [2.45, 2.75) is 72.1 Å². The summed E-state index contributed by atoms with van der Waals surface area (Å²) in [6, 6.07) is 0.574. The van der Waals surface area contributed by atoms with Crippen LogP contribution in [-0.2, 0) is 4.74 Å². The zero-order chi connectivity index (χ0) is 15.9. The molecule has 3 nitrogen and oxygen atoms in total. The molecule has 126 valence electrons. The minimum Gasteiger partial charge on any atom is -0.380 e. The first kappa shape index (κ1) is 18.9. The number of hydrogen-bond donors (Lipinski definition) is 1. The summed E-state index contributed by atoms with van der Waals surface area (Å²) in [6.07, 6.45) is 2.19. The fourth-order valence-electron chi connectivity index (χ4n) is 3.57. The number of rotatable bonds is 3. The molecule has 2 saturated heterocycles. The topological polar surface area (TPSA) is 24.5 Å². The molecule has 3 rings (SSSR count). The van der Waals surface area contributed by atoms with Gasteiger partial charge in [0.1, 0.15) is 6.17 Å². The molecule has 0 aromatic heterocycles. The van der Waals surface area contributed by atoms with E-state index in [1.165, 1.54) is 0 Å². The van der Waals surface area contributed by atoms with Crippen LogP contribution >= 0.6 is 0 Å². The summed E-state index contributed by atoms with van der Waals surface area (Å²) < 4.78 is 19.3. The Labute approximate surface area is 130 Å². The molecule has 2 heterocycles. The van der Waals surface area contributed by atoms with Crippen LogP contribution in [0.15, 0.2) is 0 Å². The Morgan fingerprint density at radius 3 is 2.19 bits per heavy atom. The predicted octanol–water partition coefficient (Wildman–Crippen LogP) is 3.24. The lowest BCUT2D eigenvalue weighted by molar-refractivity contribution is -0.202. The van der Waals surface area contributed by atoms with Crippen molar-refractivity contribution >= 4 is 0 Å². The lowest BCUT2D eigenvalue weighted by atomic mass is 9.75. The molecular weight excluding hydrogens is 267 g/mol. The van der Waals surface area contributed by atoms with Gasteiger partial charge in [-0.15, -0.1) is 0 Å². The summed E-state index contributed by atoms with van der Waals surface area (Å²) in [6.45, 7) is 15.0. The Morgan fingerprint density at radius 2 is 1.76 bits per heavy atom. The van der Waals surface area contributed by atoms with Crippen LogP contribution < -0.4 is 5.32 Å². The first-order valence-electron chi connectivity index (χ1n) is 8.92. The normalized spacial score (nSPS) is 33.7. The van der Waals surface area contributed by atoms with Gasteiger partial charge in [0.05, 0.1) is 13.2 Å². The second-order valence-corrected chi connectivity index (χ2v) is 6.04. The van der Waals surface area contributed by atoms with E-state index in [0.29, 0.717) is 17.9 Å². The average molecular weight is 302 g/mol. The van der Waals surface area contributed by atoms with E-state index in [0.717, 1.165) is 45.7 Å². The zero-order valence-electron chi connectivity index (χ0n) is 14.6. The molecule has 0 bridgehead atoms. The second-order valence-electron chi connectivity index (χ2n) is 6.04. The molecule has 0 aromatic rings. The van der Waals surface area contributed by atoms with Crippen molar-refractivity contribution in [2.24, 2.45) is 5.41 Å². The monoisotopic (exact) mass is 302 g/mol. The molecule has 0 aromatic carbocycles. The quantitative estimate of drug-likeness (QED) is 0.866. The number of nitrogens with one attached hydrogen (secondary N) is 1. The van der Waals surface area contributed by atoms with Gasteiger partial charge in [0.2, 0.25) is 0 Å². The van der Waals surface area contributed by atoms with E-state index >= 15 is 0 Å². The van der Waals surface area contributed by atoms with Gasteiger partial charge in [-0.25, -0.2) is 4.39 Å². The fraction of sp³-hybridized carbons (Fsp3) is 1.00. The average Bonchev–Trinajstić information content (AvgIpc) is 2.43. The largest absolute Gasteiger partial charge is 0.380 e. The van der Waals surface area contributed by atoms with Gasteiger partial charge >= 0.3 is 0 Å². The van der Waals surface area contributed by atoms with Crippen LogP contribution in [0.5, 0.6) is 0 Å². The number of alkyl halides is 1. The Kier molecular flexibility index (Phi) is 8.14. The number of halogens is 1. The summed E-state index contributed by atoms with van der Waals surface area (Å²) >= 11 is 0. The third-order valence-electron chi connectivity index (χ3n) is 4.62. The van der Waals surface area contributed by atoms with Crippen LogP contribution in [0.3, 0.4) is 0 Å². The van der Waals surface area contributed by atoms with E-state index in [1.807, 2.05) is 27.7 Å². The predicted molar refractivity (Wildman–Crippen MR) is 87.5 cm³/mol. The zero-order valence-corrected chi connectivity index (χ0v) is 14.6. The molecule has 3 unspecified atom stereocenters. The van der Waals surface area contributed by atoms with Gasteiger partial charge in [-0.2, -0.15) is 0 Å². The maximum absolute atomic E-state index is 14.0. The number of ether oxygens (including phenoxy) is 1. The Bertz CT molecular complexity index is 276. The first-order valence-corrected chi connectivity index (χ1v) is 8.92. The summed E-state index contributed by atoms with van der Waals surface area (Å²) in [5, 5.41) is 3.25. The molecule has 1 spiro atoms. The van der Waals surface area contributed by atoms with E-state index in [9.17, 15) is 4.39 Å². The van der Waals surface area contributed by atoms with Crippen LogP contribution in [0.2, 0.25) is 0 Å². The first-order chi connectivity index (χ1) is 10.2. The standard InChI is InChI=1S/C13H23FN2O.2C2H6/c1-2-15-12-4-3-10(5-11(12)14)16-6-13(7-16)8-17-9-13;2*1-2/h10-12,15H,2-9H2,1H3;2*1-2H3. The number of hydrogen-bond acceptors (Lipinski definition) is 3. The SMILES string of the molecule is CC.CC.CCNC1CCC(N2CC3(COC3)C2)CC1F. The molecule has 21 heavy (non-hydrogen) atoms. The Hall–Kier alpha value is -0.190. The van der Waals surface area contributed by atoms with Crippen LogP contribution in [-0.4, -0.2) is 56.0 Å². The fourth-order valence-corrected chi connectivity index (χ4v) is 3.57. The highest BCUT2D eigenvalue weighted by atomic mass is 19.1. The summed E-state index contributed by atoms with van der Waals surface area (Å²) in [5.74, 6) is 0. The molecule has 2 aliphatic heterocycles. The van der Waals surface area contributed by atoms with Crippen molar-refractivity contribution in [1.29, 1.82) is 0 Å². The third kappa shape index (κ3) is 4.40. The molecule has 0 amide bonds. The lowest BCUT2D eigenvalue weighted by Crippen LogP contribution is -2.68. The van der Waals surface area contributed by atoms with Crippen molar-refractivity contribution in [1.82, 2.24) is 10.2 Å². The molecule has 3 aliphatic rings. The maximum atomic E-state index is 14.0. The highest BCUT2D eigenvalue weighted by molar-refractivity contribution is 5.03. The van der Waals surface area contributed by atoms with Crippen molar-refractivity contribution in [3.05, 3.63) is 0 Å². The summed E-state index contributed by atoms with van der Waals surface area (Å²) in [4.78, 5) is 2.47.